The number of hydrogen-bond donors (Lipinski definition) is 0. The number of nitrogens with zero attached hydrogens (tertiary/aromatic N) is 1. The molecule has 0 bridgehead atoms. The fourth-order valence-corrected chi connectivity index (χ4v) is 6.29. The number of hydrogen-bond acceptors (Lipinski definition) is 8. The second-order valence-electron chi connectivity index (χ2n) is 10.5. The molecule has 0 saturated carbocycles. The quantitative estimate of drug-likeness (QED) is 0.283. The van der Waals surface area contributed by atoms with Gasteiger partial charge in [-0.15, -0.1) is 0 Å². The van der Waals surface area contributed by atoms with Gasteiger partial charge in [0.2, 0.25) is 5.91 Å². The van der Waals surface area contributed by atoms with E-state index >= 15 is 0 Å². The van der Waals surface area contributed by atoms with Crippen molar-refractivity contribution in [3.8, 4) is 0 Å². The highest BCUT2D eigenvalue weighted by molar-refractivity contribution is 7.48. The van der Waals surface area contributed by atoms with Gasteiger partial charge in [-0.25, -0.2) is 4.57 Å². The molecule has 33 heavy (non-hydrogen) atoms. The Kier molecular flexibility index (Phi) is 10.6. The smallest absolute Gasteiger partial charge is 0.411 e. The van der Waals surface area contributed by atoms with Crippen molar-refractivity contribution in [1.82, 2.24) is 4.90 Å². The van der Waals surface area contributed by atoms with Crippen LogP contribution in [0, 0.1) is 0 Å². The van der Waals surface area contributed by atoms with Crippen molar-refractivity contribution >= 4 is 22.0 Å². The number of ether oxygens (including phenoxy) is 2. The van der Waals surface area contributed by atoms with Gasteiger partial charge in [0.15, 0.2) is 8.32 Å². The van der Waals surface area contributed by atoms with E-state index in [4.69, 9.17) is 27.5 Å². The third kappa shape index (κ3) is 8.39. The summed E-state index contributed by atoms with van der Waals surface area (Å²) in [6.45, 7) is 14.0. The van der Waals surface area contributed by atoms with Crippen LogP contribution in [0.5, 0.6) is 0 Å². The third-order valence-corrected chi connectivity index (χ3v) is 12.7. The molecule has 2 aliphatic heterocycles. The minimum atomic E-state index is -3.94. The van der Waals surface area contributed by atoms with Crippen molar-refractivity contribution in [2.24, 2.45) is 0 Å². The molecule has 2 rings (SSSR count). The molecule has 2 unspecified atom stereocenters. The van der Waals surface area contributed by atoms with Crippen LogP contribution in [-0.2, 0) is 36.8 Å². The van der Waals surface area contributed by atoms with E-state index < -0.39 is 16.1 Å². The van der Waals surface area contributed by atoms with Crippen molar-refractivity contribution < 1.29 is 36.8 Å². The van der Waals surface area contributed by atoms with Crippen LogP contribution in [-0.4, -0.2) is 84.1 Å². The van der Waals surface area contributed by atoms with E-state index in [1.165, 1.54) is 4.90 Å². The highest BCUT2D eigenvalue weighted by Gasteiger charge is 2.44. The molecular weight excluding hydrogens is 465 g/mol. The first kappa shape index (κ1) is 28.9. The lowest BCUT2D eigenvalue weighted by molar-refractivity contribution is -0.129. The highest BCUT2D eigenvalue weighted by atomic mass is 31.2. The van der Waals surface area contributed by atoms with Crippen LogP contribution in [0.15, 0.2) is 0 Å². The van der Waals surface area contributed by atoms with E-state index in [2.05, 4.69) is 33.9 Å². The summed E-state index contributed by atoms with van der Waals surface area (Å²) in [5.41, 5.74) is 0. The minimum Gasteiger partial charge on any atom is -0.411 e. The molecule has 11 heteroatoms. The van der Waals surface area contributed by atoms with Crippen LogP contribution in [0.1, 0.15) is 53.4 Å². The van der Waals surface area contributed by atoms with Gasteiger partial charge in [0, 0.05) is 33.7 Å². The Morgan fingerprint density at radius 1 is 1.06 bits per heavy atom. The summed E-state index contributed by atoms with van der Waals surface area (Å²) in [5, 5.41) is 0.0686. The molecule has 0 aromatic heterocycles. The minimum absolute atomic E-state index is 0.0303. The number of carbonyl (C=O) groups excluding carboxylic acids is 1. The molecule has 5 atom stereocenters. The molecule has 2 saturated heterocycles. The molecule has 1 amide bonds. The van der Waals surface area contributed by atoms with Gasteiger partial charge in [-0.2, -0.15) is 0 Å². The zero-order chi connectivity index (χ0) is 24.9. The monoisotopic (exact) mass is 509 g/mol. The van der Waals surface area contributed by atoms with Crippen LogP contribution in [0.2, 0.25) is 18.1 Å². The molecule has 0 radical (unpaired) electrons. The van der Waals surface area contributed by atoms with Gasteiger partial charge in [0.05, 0.1) is 37.9 Å². The number of rotatable bonds is 12. The Hall–Kier alpha value is -0.323. The zero-order valence-electron chi connectivity index (χ0n) is 21.6. The van der Waals surface area contributed by atoms with Crippen LogP contribution >= 0.6 is 7.82 Å². The molecule has 194 valence electrons. The average Bonchev–Trinajstić information content (AvgIpc) is 3.33. The Morgan fingerprint density at radius 2 is 1.67 bits per heavy atom. The zero-order valence-corrected chi connectivity index (χ0v) is 23.5. The van der Waals surface area contributed by atoms with E-state index in [1.807, 2.05) is 6.92 Å². The fourth-order valence-electron chi connectivity index (χ4n) is 3.50. The Balaban J connectivity index is 2.03. The molecule has 0 aromatic rings. The average molecular weight is 510 g/mol. The highest BCUT2D eigenvalue weighted by Crippen LogP contribution is 2.53. The molecule has 0 spiro atoms. The first-order valence-electron chi connectivity index (χ1n) is 12.0. The number of amides is 1. The summed E-state index contributed by atoms with van der Waals surface area (Å²) in [4.78, 5) is 13.4. The summed E-state index contributed by atoms with van der Waals surface area (Å²) in [5.74, 6) is -0.126. The lowest BCUT2D eigenvalue weighted by Crippen LogP contribution is -2.46. The van der Waals surface area contributed by atoms with E-state index in [1.54, 1.807) is 14.1 Å². The van der Waals surface area contributed by atoms with Crippen LogP contribution in [0.25, 0.3) is 0 Å². The van der Waals surface area contributed by atoms with Crippen molar-refractivity contribution in [3.05, 3.63) is 0 Å². The Morgan fingerprint density at radius 3 is 2.24 bits per heavy atom. The maximum atomic E-state index is 13.6. The maximum absolute atomic E-state index is 13.6. The van der Waals surface area contributed by atoms with Gasteiger partial charge in [-0.05, 0) is 31.0 Å². The normalized spacial score (nSPS) is 28.1. The summed E-state index contributed by atoms with van der Waals surface area (Å²) in [6.07, 6.45) is 1.16. The van der Waals surface area contributed by atoms with E-state index in [0.29, 0.717) is 19.6 Å². The van der Waals surface area contributed by atoms with Crippen LogP contribution in [0.3, 0.4) is 0 Å². The molecule has 0 aliphatic carbocycles. The number of carbonyl (C=O) groups is 1. The molecule has 2 heterocycles. The van der Waals surface area contributed by atoms with Gasteiger partial charge in [-0.1, -0.05) is 27.7 Å². The molecule has 0 aromatic carbocycles. The van der Waals surface area contributed by atoms with E-state index in [9.17, 15) is 9.36 Å². The first-order valence-corrected chi connectivity index (χ1v) is 16.3. The lowest BCUT2D eigenvalue weighted by Gasteiger charge is -2.39. The van der Waals surface area contributed by atoms with Gasteiger partial charge < -0.3 is 18.8 Å². The van der Waals surface area contributed by atoms with Gasteiger partial charge in [-0.3, -0.25) is 18.4 Å². The van der Waals surface area contributed by atoms with Gasteiger partial charge in [0.1, 0.15) is 6.10 Å². The molecule has 9 nitrogen and oxygen atoms in total. The van der Waals surface area contributed by atoms with E-state index in [-0.39, 0.29) is 55.0 Å². The number of phosphoric ester groups is 1. The van der Waals surface area contributed by atoms with Crippen LogP contribution in [0.4, 0.5) is 0 Å². The maximum Gasteiger partial charge on any atom is 0.475 e. The lowest BCUT2D eigenvalue weighted by atomic mass is 10.1. The third-order valence-electron chi connectivity index (χ3n) is 6.68. The molecule has 2 aliphatic rings. The largest absolute Gasteiger partial charge is 0.475 e. The Bertz CT molecular complexity index is 684. The predicted molar refractivity (Wildman–Crippen MR) is 129 cm³/mol. The summed E-state index contributed by atoms with van der Waals surface area (Å²) < 4.78 is 48.8. The van der Waals surface area contributed by atoms with Crippen molar-refractivity contribution in [2.75, 3.05) is 40.5 Å². The first-order chi connectivity index (χ1) is 15.3. The summed E-state index contributed by atoms with van der Waals surface area (Å²) in [6, 6.07) is 0. The molecular formula is C22H44NO8PSi. The standard InChI is InChI=1S/C22H44NO8PSi/c1-9-17-18(10-13-26-17)30-32(25,28-15-12-21(24)23(5)6)29-16-20-19(11-14-27-20)31-33(7,8)22(2,3)4/h17-20H,9-16H2,1-8H3/t17-,18?,19?,20-,32+/m1/s1. The SMILES string of the molecule is CC[C@H]1OCCC1O[P@@](=O)(OCCC(=O)N(C)C)OC[C@H]1OCCC1O[Si](C)(C)C(C)(C)C. The van der Waals surface area contributed by atoms with Crippen molar-refractivity contribution in [3.63, 3.8) is 0 Å². The van der Waals surface area contributed by atoms with E-state index in [0.717, 1.165) is 12.8 Å². The second kappa shape index (κ2) is 12.1. The van der Waals surface area contributed by atoms with Crippen molar-refractivity contribution in [2.45, 2.75) is 95.9 Å². The second-order valence-corrected chi connectivity index (χ2v) is 16.9. The summed E-state index contributed by atoms with van der Waals surface area (Å²) >= 11 is 0. The number of phosphoric acid groups is 1. The summed E-state index contributed by atoms with van der Waals surface area (Å²) in [7, 11) is -2.62. The van der Waals surface area contributed by atoms with Crippen LogP contribution < -0.4 is 0 Å². The Labute approximate surface area is 200 Å². The topological polar surface area (TPSA) is 92.8 Å². The van der Waals surface area contributed by atoms with Gasteiger partial charge in [0.25, 0.3) is 0 Å². The molecule has 2 fully saturated rings. The molecule has 0 N–H and O–H groups in total. The predicted octanol–water partition coefficient (Wildman–Crippen LogP) is 4.37. The van der Waals surface area contributed by atoms with Gasteiger partial charge >= 0.3 is 7.82 Å². The fraction of sp³-hybridized carbons (Fsp3) is 0.955. The van der Waals surface area contributed by atoms with Crippen molar-refractivity contribution in [1.29, 1.82) is 0 Å².